The molecule has 0 aliphatic heterocycles. The zero-order chi connectivity index (χ0) is 12.1. The van der Waals surface area contributed by atoms with Gasteiger partial charge in [-0.25, -0.2) is 0 Å². The number of hydrogen-bond donors (Lipinski definition) is 2. The third-order valence-electron chi connectivity index (χ3n) is 2.22. The molecule has 88 valence electrons. The Balaban J connectivity index is 2.55. The van der Waals surface area contributed by atoms with E-state index in [4.69, 9.17) is 22.4 Å². The number of benzene rings is 1. The molecule has 1 rings (SSSR count). The van der Waals surface area contributed by atoms with Crippen molar-refractivity contribution >= 4 is 17.6 Å². The average molecular weight is 243 g/mol. The minimum absolute atomic E-state index is 0.292. The molecular formula is C11H15ClN2O2. The third-order valence-corrected chi connectivity index (χ3v) is 2.59. The minimum Gasteiger partial charge on any atom is -0.480 e. The van der Waals surface area contributed by atoms with E-state index in [1.165, 1.54) is 0 Å². The number of nitrogens with two attached hydrogens (primary N) is 1. The van der Waals surface area contributed by atoms with E-state index >= 15 is 0 Å². The molecule has 1 unspecified atom stereocenters. The lowest BCUT2D eigenvalue weighted by Crippen LogP contribution is -2.40. The molecule has 0 aromatic heterocycles. The van der Waals surface area contributed by atoms with E-state index < -0.39 is 12.0 Å². The second-order valence-corrected chi connectivity index (χ2v) is 4.14. The first-order valence-electron chi connectivity index (χ1n) is 4.91. The van der Waals surface area contributed by atoms with Gasteiger partial charge in [-0.1, -0.05) is 29.8 Å². The van der Waals surface area contributed by atoms with Crippen LogP contribution in [0.25, 0.3) is 0 Å². The van der Waals surface area contributed by atoms with Crippen LogP contribution in [-0.4, -0.2) is 35.6 Å². The van der Waals surface area contributed by atoms with Gasteiger partial charge in [0.15, 0.2) is 0 Å². The third kappa shape index (κ3) is 3.81. The number of rotatable bonds is 5. The summed E-state index contributed by atoms with van der Waals surface area (Å²) in [4.78, 5) is 12.4. The lowest BCUT2D eigenvalue weighted by Gasteiger charge is -2.19. The van der Waals surface area contributed by atoms with Crippen molar-refractivity contribution in [1.82, 2.24) is 4.90 Å². The number of nitrogens with zero attached hydrogens (tertiary/aromatic N) is 1. The molecule has 3 N–H and O–H groups in total. The van der Waals surface area contributed by atoms with Crippen LogP contribution in [0.2, 0.25) is 5.02 Å². The van der Waals surface area contributed by atoms with Crippen molar-refractivity contribution in [3.05, 3.63) is 34.9 Å². The number of carbonyl (C=O) groups is 1. The number of halogens is 1. The van der Waals surface area contributed by atoms with Crippen molar-refractivity contribution in [2.75, 3.05) is 13.6 Å². The van der Waals surface area contributed by atoms with Crippen molar-refractivity contribution in [3.63, 3.8) is 0 Å². The highest BCUT2D eigenvalue weighted by molar-refractivity contribution is 6.31. The summed E-state index contributed by atoms with van der Waals surface area (Å²) in [5.41, 5.74) is 6.40. The molecule has 0 radical (unpaired) electrons. The molecule has 1 aromatic carbocycles. The number of carboxylic acid groups (broad SMARTS) is 1. The van der Waals surface area contributed by atoms with Gasteiger partial charge in [0.2, 0.25) is 0 Å². The van der Waals surface area contributed by atoms with E-state index in [1.807, 2.05) is 36.2 Å². The molecule has 1 atom stereocenters. The molecule has 4 nitrogen and oxygen atoms in total. The van der Waals surface area contributed by atoms with Crippen molar-refractivity contribution in [3.8, 4) is 0 Å². The van der Waals surface area contributed by atoms with E-state index in [9.17, 15) is 4.79 Å². The van der Waals surface area contributed by atoms with Gasteiger partial charge in [-0.05, 0) is 18.7 Å². The Morgan fingerprint density at radius 3 is 2.75 bits per heavy atom. The predicted molar refractivity (Wildman–Crippen MR) is 63.4 cm³/mol. The molecule has 1 aromatic rings. The van der Waals surface area contributed by atoms with Gasteiger partial charge in [0, 0.05) is 18.1 Å². The van der Waals surface area contributed by atoms with Crippen LogP contribution in [-0.2, 0) is 11.3 Å². The summed E-state index contributed by atoms with van der Waals surface area (Å²) in [5.74, 6) is -0.994. The van der Waals surface area contributed by atoms with Crippen LogP contribution in [0.3, 0.4) is 0 Å². The van der Waals surface area contributed by atoms with Gasteiger partial charge < -0.3 is 10.8 Å². The van der Waals surface area contributed by atoms with Gasteiger partial charge in [0.1, 0.15) is 6.04 Å². The first-order valence-corrected chi connectivity index (χ1v) is 5.29. The quantitative estimate of drug-likeness (QED) is 0.814. The van der Waals surface area contributed by atoms with Gasteiger partial charge in [-0.15, -0.1) is 0 Å². The molecular weight excluding hydrogens is 228 g/mol. The van der Waals surface area contributed by atoms with Crippen molar-refractivity contribution in [2.24, 2.45) is 5.73 Å². The Kier molecular flexibility index (Phi) is 4.73. The molecule has 0 bridgehead atoms. The summed E-state index contributed by atoms with van der Waals surface area (Å²) in [6.07, 6.45) is 0. The normalized spacial score (nSPS) is 12.8. The predicted octanol–water partition coefficient (Wildman–Crippen LogP) is 1.18. The Morgan fingerprint density at radius 1 is 1.56 bits per heavy atom. The maximum Gasteiger partial charge on any atom is 0.321 e. The Hall–Kier alpha value is -1.10. The maximum absolute atomic E-state index is 10.6. The van der Waals surface area contributed by atoms with E-state index in [2.05, 4.69) is 0 Å². The zero-order valence-electron chi connectivity index (χ0n) is 9.06. The number of likely N-dealkylation sites (N-methyl/N-ethyl adjacent to an activating group) is 1. The van der Waals surface area contributed by atoms with E-state index in [-0.39, 0.29) is 0 Å². The van der Waals surface area contributed by atoms with Crippen LogP contribution in [0.1, 0.15) is 5.56 Å². The first-order chi connectivity index (χ1) is 7.50. The molecule has 0 saturated carbocycles. The fourth-order valence-electron chi connectivity index (χ4n) is 1.40. The van der Waals surface area contributed by atoms with Crippen LogP contribution in [0, 0.1) is 0 Å². The topological polar surface area (TPSA) is 66.6 Å². The van der Waals surface area contributed by atoms with Crippen LogP contribution >= 0.6 is 11.6 Å². The number of hydrogen-bond acceptors (Lipinski definition) is 3. The first kappa shape index (κ1) is 13.0. The van der Waals surface area contributed by atoms with Crippen LogP contribution in [0.4, 0.5) is 0 Å². The number of carboxylic acids is 1. The van der Waals surface area contributed by atoms with Gasteiger partial charge in [0.25, 0.3) is 0 Å². The van der Waals surface area contributed by atoms with Crippen LogP contribution < -0.4 is 5.73 Å². The van der Waals surface area contributed by atoms with Crippen LogP contribution in [0.5, 0.6) is 0 Å². The summed E-state index contributed by atoms with van der Waals surface area (Å²) in [6, 6.07) is 6.60. The zero-order valence-corrected chi connectivity index (χ0v) is 9.81. The highest BCUT2D eigenvalue weighted by Crippen LogP contribution is 2.16. The molecule has 0 spiro atoms. The molecule has 0 saturated heterocycles. The van der Waals surface area contributed by atoms with Crippen molar-refractivity contribution < 1.29 is 9.90 Å². The molecule has 0 amide bonds. The summed E-state index contributed by atoms with van der Waals surface area (Å²) < 4.78 is 0. The molecule has 0 aliphatic rings. The highest BCUT2D eigenvalue weighted by atomic mass is 35.5. The van der Waals surface area contributed by atoms with Crippen molar-refractivity contribution in [1.29, 1.82) is 0 Å². The summed E-state index contributed by atoms with van der Waals surface area (Å²) in [7, 11) is 1.81. The lowest BCUT2D eigenvalue weighted by molar-refractivity contribution is -0.138. The van der Waals surface area contributed by atoms with E-state index in [0.29, 0.717) is 18.1 Å². The lowest BCUT2D eigenvalue weighted by atomic mass is 10.2. The SMILES string of the molecule is CN(Cc1ccccc1Cl)CC(N)C(=O)O. The summed E-state index contributed by atoms with van der Waals surface area (Å²) in [6.45, 7) is 0.876. The van der Waals surface area contributed by atoms with Crippen LogP contribution in [0.15, 0.2) is 24.3 Å². The maximum atomic E-state index is 10.6. The Labute approximate surface area is 99.6 Å². The molecule has 16 heavy (non-hydrogen) atoms. The summed E-state index contributed by atoms with van der Waals surface area (Å²) >= 11 is 5.99. The Bertz CT molecular complexity index is 371. The fourth-order valence-corrected chi connectivity index (χ4v) is 1.59. The number of aliphatic carboxylic acids is 1. The average Bonchev–Trinajstić information content (AvgIpc) is 2.21. The smallest absolute Gasteiger partial charge is 0.321 e. The monoisotopic (exact) mass is 242 g/mol. The van der Waals surface area contributed by atoms with Gasteiger partial charge in [0.05, 0.1) is 0 Å². The fraction of sp³-hybridized carbons (Fsp3) is 0.364. The minimum atomic E-state index is -0.994. The van der Waals surface area contributed by atoms with E-state index in [1.54, 1.807) is 0 Å². The Morgan fingerprint density at radius 2 is 2.19 bits per heavy atom. The molecule has 0 heterocycles. The second kappa shape index (κ2) is 5.84. The second-order valence-electron chi connectivity index (χ2n) is 3.73. The van der Waals surface area contributed by atoms with Crippen molar-refractivity contribution in [2.45, 2.75) is 12.6 Å². The van der Waals surface area contributed by atoms with Gasteiger partial charge >= 0.3 is 5.97 Å². The molecule has 5 heteroatoms. The van der Waals surface area contributed by atoms with Gasteiger partial charge in [-0.3, -0.25) is 9.69 Å². The largest absolute Gasteiger partial charge is 0.480 e. The standard InChI is InChI=1S/C11H15ClN2O2/c1-14(7-10(13)11(15)16)6-8-4-2-3-5-9(8)12/h2-5,10H,6-7,13H2,1H3,(H,15,16). The highest BCUT2D eigenvalue weighted by Gasteiger charge is 2.14. The molecule has 0 aliphatic carbocycles. The van der Waals surface area contributed by atoms with Gasteiger partial charge in [-0.2, -0.15) is 0 Å². The summed E-state index contributed by atoms with van der Waals surface area (Å²) in [5, 5.41) is 9.35. The van der Waals surface area contributed by atoms with E-state index in [0.717, 1.165) is 5.56 Å². The molecule has 0 fully saturated rings.